The fourth-order valence-corrected chi connectivity index (χ4v) is 3.14. The van der Waals surface area contributed by atoms with E-state index in [1.807, 2.05) is 67.9 Å². The summed E-state index contributed by atoms with van der Waals surface area (Å²) in [7, 11) is 0. The van der Waals surface area contributed by atoms with E-state index in [1.165, 1.54) is 5.56 Å². The monoisotopic (exact) mass is 377 g/mol. The molecule has 0 bridgehead atoms. The summed E-state index contributed by atoms with van der Waals surface area (Å²) in [5, 5.41) is 7.62. The van der Waals surface area contributed by atoms with Crippen molar-refractivity contribution in [3.05, 3.63) is 82.7 Å². The number of rotatable bonds is 8. The van der Waals surface area contributed by atoms with Crippen LogP contribution in [0.2, 0.25) is 0 Å². The minimum atomic E-state index is -0.0257. The molecule has 1 amide bonds. The lowest BCUT2D eigenvalue weighted by Crippen LogP contribution is -2.25. The molecule has 2 aromatic carbocycles. The van der Waals surface area contributed by atoms with Gasteiger partial charge in [-0.25, -0.2) is 0 Å². The van der Waals surface area contributed by atoms with E-state index in [0.717, 1.165) is 34.8 Å². The Morgan fingerprint density at radius 1 is 1.07 bits per heavy atom. The van der Waals surface area contributed by atoms with Crippen molar-refractivity contribution in [2.75, 3.05) is 6.61 Å². The Balaban J connectivity index is 1.50. The van der Waals surface area contributed by atoms with Crippen LogP contribution >= 0.6 is 0 Å². The number of nitrogens with zero attached hydrogens (tertiary/aromatic N) is 2. The van der Waals surface area contributed by atoms with Crippen LogP contribution in [0.1, 0.15) is 34.5 Å². The maximum atomic E-state index is 12.2. The maximum absolute atomic E-state index is 12.2. The number of amides is 1. The molecule has 1 aromatic heterocycles. The van der Waals surface area contributed by atoms with Gasteiger partial charge in [-0.05, 0) is 44.0 Å². The number of aromatic nitrogens is 2. The van der Waals surface area contributed by atoms with Crippen molar-refractivity contribution in [3.63, 3.8) is 0 Å². The predicted octanol–water partition coefficient (Wildman–Crippen LogP) is 3.94. The molecule has 0 saturated carbocycles. The molecule has 5 nitrogen and oxygen atoms in total. The molecule has 5 heteroatoms. The summed E-state index contributed by atoms with van der Waals surface area (Å²) in [6.45, 7) is 7.62. The Morgan fingerprint density at radius 3 is 2.61 bits per heavy atom. The average molecular weight is 377 g/mol. The van der Waals surface area contributed by atoms with E-state index in [2.05, 4.69) is 22.5 Å². The van der Waals surface area contributed by atoms with Gasteiger partial charge in [0.05, 0.1) is 25.3 Å². The highest BCUT2D eigenvalue weighted by Gasteiger charge is 2.13. The van der Waals surface area contributed by atoms with Gasteiger partial charge in [0.2, 0.25) is 5.91 Å². The highest BCUT2D eigenvalue weighted by atomic mass is 16.5. The van der Waals surface area contributed by atoms with Crippen LogP contribution in [-0.2, 0) is 17.9 Å². The molecule has 0 unspecified atom stereocenters. The molecule has 1 N–H and O–H groups in total. The molecule has 146 valence electrons. The normalized spacial score (nSPS) is 10.7. The second-order valence-electron chi connectivity index (χ2n) is 6.98. The quantitative estimate of drug-likeness (QED) is 0.647. The van der Waals surface area contributed by atoms with Crippen molar-refractivity contribution < 1.29 is 9.53 Å². The second-order valence-corrected chi connectivity index (χ2v) is 6.98. The molecule has 0 aliphatic rings. The molecule has 3 aromatic rings. The molecular formula is C23H27N3O2. The van der Waals surface area contributed by atoms with Crippen LogP contribution in [0.15, 0.2) is 54.6 Å². The number of hydrogen-bond acceptors (Lipinski definition) is 3. The molecule has 0 spiro atoms. The largest absolute Gasteiger partial charge is 0.493 e. The van der Waals surface area contributed by atoms with Crippen LogP contribution in [0.5, 0.6) is 5.75 Å². The van der Waals surface area contributed by atoms with Crippen molar-refractivity contribution in [1.82, 2.24) is 15.1 Å². The van der Waals surface area contributed by atoms with Gasteiger partial charge < -0.3 is 10.1 Å². The summed E-state index contributed by atoms with van der Waals surface area (Å²) < 4.78 is 7.64. The van der Waals surface area contributed by atoms with Gasteiger partial charge in [0.25, 0.3) is 0 Å². The maximum Gasteiger partial charge on any atom is 0.223 e. The van der Waals surface area contributed by atoms with Gasteiger partial charge in [-0.2, -0.15) is 5.10 Å². The first-order valence-corrected chi connectivity index (χ1v) is 9.56. The third kappa shape index (κ3) is 5.22. The Morgan fingerprint density at radius 2 is 1.86 bits per heavy atom. The number of carbonyl (C=O) groups is 1. The van der Waals surface area contributed by atoms with E-state index in [0.29, 0.717) is 19.6 Å². The van der Waals surface area contributed by atoms with Gasteiger partial charge in [-0.15, -0.1) is 0 Å². The van der Waals surface area contributed by atoms with Crippen LogP contribution in [-0.4, -0.2) is 22.3 Å². The molecule has 3 rings (SSSR count). The number of ether oxygens (including phenoxy) is 1. The zero-order valence-corrected chi connectivity index (χ0v) is 16.7. The van der Waals surface area contributed by atoms with Crippen molar-refractivity contribution in [3.8, 4) is 5.75 Å². The fourth-order valence-electron chi connectivity index (χ4n) is 3.14. The number of carbonyl (C=O) groups excluding carboxylic acids is 1. The minimum Gasteiger partial charge on any atom is -0.493 e. The second kappa shape index (κ2) is 9.22. The Bertz CT molecular complexity index is 932. The van der Waals surface area contributed by atoms with Gasteiger partial charge in [-0.1, -0.05) is 42.5 Å². The molecule has 0 fully saturated rings. The summed E-state index contributed by atoms with van der Waals surface area (Å²) in [6.07, 6.45) is 0.324. The topological polar surface area (TPSA) is 56.1 Å². The first-order valence-electron chi connectivity index (χ1n) is 9.56. The van der Waals surface area contributed by atoms with Gasteiger partial charge in [0, 0.05) is 17.8 Å². The standard InChI is InChI=1S/C23H27N3O2/c1-17-8-7-11-21(14-17)28-13-12-23(27)24-15-22-18(2)25-26(19(22)3)16-20-9-5-4-6-10-20/h4-11,14H,12-13,15-16H2,1-3H3,(H,24,27). The first-order chi connectivity index (χ1) is 13.5. The van der Waals surface area contributed by atoms with Gasteiger partial charge in [0.15, 0.2) is 0 Å². The van der Waals surface area contributed by atoms with Crippen LogP contribution in [0.4, 0.5) is 0 Å². The Kier molecular flexibility index (Phi) is 6.48. The molecule has 1 heterocycles. The SMILES string of the molecule is Cc1cccc(OCCC(=O)NCc2c(C)nn(Cc3ccccc3)c2C)c1. The molecular weight excluding hydrogens is 350 g/mol. The number of nitrogens with one attached hydrogen (secondary N) is 1. The van der Waals surface area contributed by atoms with Gasteiger partial charge in [-0.3, -0.25) is 9.48 Å². The van der Waals surface area contributed by atoms with Gasteiger partial charge in [0.1, 0.15) is 5.75 Å². The van der Waals surface area contributed by atoms with E-state index in [-0.39, 0.29) is 5.91 Å². The number of aryl methyl sites for hydroxylation is 2. The molecule has 0 radical (unpaired) electrons. The van der Waals surface area contributed by atoms with E-state index in [1.54, 1.807) is 0 Å². The lowest BCUT2D eigenvalue weighted by molar-refractivity contribution is -0.121. The number of benzene rings is 2. The summed E-state index contributed by atoms with van der Waals surface area (Å²) in [4.78, 5) is 12.2. The van der Waals surface area contributed by atoms with Crippen LogP contribution in [0, 0.1) is 20.8 Å². The average Bonchev–Trinajstić information content (AvgIpc) is 2.94. The summed E-state index contributed by atoms with van der Waals surface area (Å²) >= 11 is 0. The van der Waals surface area contributed by atoms with Crippen LogP contribution in [0.3, 0.4) is 0 Å². The summed E-state index contributed by atoms with van der Waals surface area (Å²) in [6, 6.07) is 18.1. The highest BCUT2D eigenvalue weighted by molar-refractivity contribution is 5.76. The summed E-state index contributed by atoms with van der Waals surface area (Å²) in [5.41, 5.74) is 5.45. The lowest BCUT2D eigenvalue weighted by Gasteiger charge is -2.09. The first kappa shape index (κ1) is 19.7. The van der Waals surface area contributed by atoms with E-state index in [9.17, 15) is 4.79 Å². The predicted molar refractivity (Wildman–Crippen MR) is 110 cm³/mol. The fraction of sp³-hybridized carbons (Fsp3) is 0.304. The molecule has 0 saturated heterocycles. The van der Waals surface area contributed by atoms with E-state index >= 15 is 0 Å². The zero-order chi connectivity index (χ0) is 19.9. The van der Waals surface area contributed by atoms with Crippen molar-refractivity contribution in [2.45, 2.75) is 40.3 Å². The molecule has 0 aliphatic carbocycles. The van der Waals surface area contributed by atoms with Crippen molar-refractivity contribution in [2.24, 2.45) is 0 Å². The summed E-state index contributed by atoms with van der Waals surface area (Å²) in [5.74, 6) is 0.768. The van der Waals surface area contributed by atoms with Crippen LogP contribution in [0.25, 0.3) is 0 Å². The third-order valence-electron chi connectivity index (χ3n) is 4.76. The zero-order valence-electron chi connectivity index (χ0n) is 16.7. The highest BCUT2D eigenvalue weighted by Crippen LogP contribution is 2.15. The number of hydrogen-bond donors (Lipinski definition) is 1. The Labute approximate surface area is 166 Å². The van der Waals surface area contributed by atoms with Gasteiger partial charge >= 0.3 is 0 Å². The Hall–Kier alpha value is -3.08. The third-order valence-corrected chi connectivity index (χ3v) is 4.76. The molecule has 0 atom stereocenters. The van der Waals surface area contributed by atoms with E-state index < -0.39 is 0 Å². The smallest absolute Gasteiger partial charge is 0.223 e. The van der Waals surface area contributed by atoms with Crippen molar-refractivity contribution >= 4 is 5.91 Å². The molecule has 28 heavy (non-hydrogen) atoms. The van der Waals surface area contributed by atoms with Crippen LogP contribution < -0.4 is 10.1 Å². The van der Waals surface area contributed by atoms with Crippen molar-refractivity contribution in [1.29, 1.82) is 0 Å². The molecule has 0 aliphatic heterocycles. The minimum absolute atomic E-state index is 0.0257. The lowest BCUT2D eigenvalue weighted by atomic mass is 10.2. The van der Waals surface area contributed by atoms with E-state index in [4.69, 9.17) is 4.74 Å².